The maximum absolute atomic E-state index is 5.51. The average molecular weight is 214 g/mol. The molecule has 1 aromatic carbocycles. The molecule has 0 radical (unpaired) electrons. The van der Waals surface area contributed by atoms with Gasteiger partial charge in [0.1, 0.15) is 5.82 Å². The van der Waals surface area contributed by atoms with E-state index in [4.69, 9.17) is 5.73 Å². The lowest BCUT2D eigenvalue weighted by atomic mass is 10.2. The fraction of sp³-hybridized carbons (Fsp3) is 0.0833. The second-order valence-corrected chi connectivity index (χ2v) is 3.42. The number of hydrogen-bond donors (Lipinski definition) is 3. The van der Waals surface area contributed by atoms with Gasteiger partial charge in [-0.25, -0.2) is 4.98 Å². The number of hydrogen-bond acceptors (Lipinski definition) is 4. The van der Waals surface area contributed by atoms with Crippen LogP contribution < -0.4 is 16.4 Å². The molecule has 2 rings (SSSR count). The first-order valence-corrected chi connectivity index (χ1v) is 5.04. The quantitative estimate of drug-likeness (QED) is 0.734. The zero-order valence-corrected chi connectivity index (χ0v) is 9.07. The molecule has 4 heteroatoms. The first kappa shape index (κ1) is 10.3. The highest BCUT2D eigenvalue weighted by Gasteiger charge is 1.95. The second-order valence-electron chi connectivity index (χ2n) is 3.42. The third-order valence-electron chi connectivity index (χ3n) is 2.25. The van der Waals surface area contributed by atoms with Gasteiger partial charge in [0, 0.05) is 18.4 Å². The molecule has 4 nitrogen and oxygen atoms in total. The molecule has 0 spiro atoms. The monoisotopic (exact) mass is 214 g/mol. The highest BCUT2D eigenvalue weighted by atomic mass is 14.9. The smallest absolute Gasteiger partial charge is 0.123 e. The summed E-state index contributed by atoms with van der Waals surface area (Å²) < 4.78 is 0. The standard InChI is InChI=1S/C12H14N4/c1-14-9-2-4-10(5-3-9)16-11-6-7-12(13)15-8-11/h2-8,14,16H,1H3,(H2,13,15). The van der Waals surface area contributed by atoms with E-state index < -0.39 is 0 Å². The van der Waals surface area contributed by atoms with E-state index in [-0.39, 0.29) is 0 Å². The van der Waals surface area contributed by atoms with E-state index in [1.165, 1.54) is 0 Å². The summed E-state index contributed by atoms with van der Waals surface area (Å²) in [6.07, 6.45) is 1.71. The van der Waals surface area contributed by atoms with Crippen molar-refractivity contribution in [3.63, 3.8) is 0 Å². The molecule has 0 unspecified atom stereocenters. The molecule has 0 saturated carbocycles. The van der Waals surface area contributed by atoms with Crippen LogP contribution in [0.25, 0.3) is 0 Å². The lowest BCUT2D eigenvalue weighted by molar-refractivity contribution is 1.33. The first-order valence-electron chi connectivity index (χ1n) is 5.04. The van der Waals surface area contributed by atoms with Crippen LogP contribution in [0.5, 0.6) is 0 Å². The molecule has 1 aromatic heterocycles. The number of pyridine rings is 1. The van der Waals surface area contributed by atoms with Gasteiger partial charge in [-0.3, -0.25) is 0 Å². The normalized spacial score (nSPS) is 9.81. The van der Waals surface area contributed by atoms with E-state index in [0.29, 0.717) is 5.82 Å². The van der Waals surface area contributed by atoms with Crippen LogP contribution in [0.1, 0.15) is 0 Å². The van der Waals surface area contributed by atoms with Crippen molar-refractivity contribution in [2.45, 2.75) is 0 Å². The van der Waals surface area contributed by atoms with Crippen molar-refractivity contribution in [3.8, 4) is 0 Å². The van der Waals surface area contributed by atoms with Crippen LogP contribution in [0.15, 0.2) is 42.6 Å². The van der Waals surface area contributed by atoms with Gasteiger partial charge in [-0.1, -0.05) is 0 Å². The van der Waals surface area contributed by atoms with Crippen molar-refractivity contribution in [2.24, 2.45) is 0 Å². The number of benzene rings is 1. The molecule has 0 atom stereocenters. The van der Waals surface area contributed by atoms with Crippen molar-refractivity contribution in [2.75, 3.05) is 23.4 Å². The number of rotatable bonds is 3. The topological polar surface area (TPSA) is 63.0 Å². The molecular weight excluding hydrogens is 200 g/mol. The number of nitrogens with two attached hydrogens (primary N) is 1. The van der Waals surface area contributed by atoms with Crippen molar-refractivity contribution in [3.05, 3.63) is 42.6 Å². The Morgan fingerprint density at radius 2 is 1.56 bits per heavy atom. The maximum Gasteiger partial charge on any atom is 0.123 e. The predicted octanol–water partition coefficient (Wildman–Crippen LogP) is 2.45. The molecule has 0 saturated heterocycles. The summed E-state index contributed by atoms with van der Waals surface area (Å²) in [4.78, 5) is 4.01. The summed E-state index contributed by atoms with van der Waals surface area (Å²) in [7, 11) is 1.90. The molecular formula is C12H14N4. The Hall–Kier alpha value is -2.23. The number of aromatic nitrogens is 1. The number of nitrogens with zero attached hydrogens (tertiary/aromatic N) is 1. The molecule has 82 valence electrons. The van der Waals surface area contributed by atoms with E-state index in [9.17, 15) is 0 Å². The SMILES string of the molecule is CNc1ccc(Nc2ccc(N)nc2)cc1. The van der Waals surface area contributed by atoms with Gasteiger partial charge in [0.15, 0.2) is 0 Å². The molecule has 0 aliphatic rings. The largest absolute Gasteiger partial charge is 0.388 e. The van der Waals surface area contributed by atoms with Crippen molar-refractivity contribution in [1.82, 2.24) is 4.98 Å². The number of nitrogens with one attached hydrogen (secondary N) is 2. The highest BCUT2D eigenvalue weighted by molar-refractivity contribution is 5.62. The minimum atomic E-state index is 0.524. The molecule has 0 fully saturated rings. The number of nitrogen functional groups attached to an aromatic ring is 1. The Morgan fingerprint density at radius 3 is 2.12 bits per heavy atom. The number of anilines is 4. The summed E-state index contributed by atoms with van der Waals surface area (Å²) in [6, 6.07) is 11.7. The fourth-order valence-corrected chi connectivity index (χ4v) is 1.37. The summed E-state index contributed by atoms with van der Waals surface area (Å²) in [5.74, 6) is 0.524. The molecule has 0 bridgehead atoms. The molecule has 0 amide bonds. The summed E-state index contributed by atoms with van der Waals surface area (Å²) in [6.45, 7) is 0. The Bertz CT molecular complexity index is 447. The Kier molecular flexibility index (Phi) is 2.91. The van der Waals surface area contributed by atoms with E-state index in [0.717, 1.165) is 17.1 Å². The molecule has 0 aliphatic heterocycles. The lowest BCUT2D eigenvalue weighted by Gasteiger charge is -2.07. The minimum Gasteiger partial charge on any atom is -0.388 e. The molecule has 1 heterocycles. The summed E-state index contributed by atoms with van der Waals surface area (Å²) >= 11 is 0. The first-order chi connectivity index (χ1) is 7.78. The van der Waals surface area contributed by atoms with Crippen molar-refractivity contribution >= 4 is 22.9 Å². The molecule has 0 aliphatic carbocycles. The van der Waals surface area contributed by atoms with Crippen LogP contribution in [0.2, 0.25) is 0 Å². The van der Waals surface area contributed by atoms with E-state index in [1.807, 2.05) is 37.4 Å². The zero-order valence-electron chi connectivity index (χ0n) is 9.07. The lowest BCUT2D eigenvalue weighted by Crippen LogP contribution is -1.94. The third kappa shape index (κ3) is 2.42. The van der Waals surface area contributed by atoms with E-state index >= 15 is 0 Å². The fourth-order valence-electron chi connectivity index (χ4n) is 1.37. The van der Waals surface area contributed by atoms with Crippen LogP contribution >= 0.6 is 0 Å². The van der Waals surface area contributed by atoms with Gasteiger partial charge in [-0.2, -0.15) is 0 Å². The average Bonchev–Trinajstić information content (AvgIpc) is 2.33. The van der Waals surface area contributed by atoms with Crippen LogP contribution in [0, 0.1) is 0 Å². The van der Waals surface area contributed by atoms with Gasteiger partial charge in [-0.05, 0) is 36.4 Å². The Morgan fingerprint density at radius 1 is 0.938 bits per heavy atom. The van der Waals surface area contributed by atoms with Crippen LogP contribution in [0.4, 0.5) is 22.9 Å². The van der Waals surface area contributed by atoms with Gasteiger partial charge in [0.2, 0.25) is 0 Å². The molecule has 2 aromatic rings. The summed E-state index contributed by atoms with van der Waals surface area (Å²) in [5, 5.41) is 6.31. The highest BCUT2D eigenvalue weighted by Crippen LogP contribution is 2.18. The maximum atomic E-state index is 5.51. The van der Waals surface area contributed by atoms with Crippen molar-refractivity contribution in [1.29, 1.82) is 0 Å². The van der Waals surface area contributed by atoms with Gasteiger partial charge < -0.3 is 16.4 Å². The van der Waals surface area contributed by atoms with Crippen LogP contribution in [0.3, 0.4) is 0 Å². The van der Waals surface area contributed by atoms with Gasteiger partial charge in [0.25, 0.3) is 0 Å². The second kappa shape index (κ2) is 4.53. The van der Waals surface area contributed by atoms with E-state index in [2.05, 4.69) is 15.6 Å². The third-order valence-corrected chi connectivity index (χ3v) is 2.25. The minimum absolute atomic E-state index is 0.524. The predicted molar refractivity (Wildman–Crippen MR) is 67.9 cm³/mol. The van der Waals surface area contributed by atoms with Crippen molar-refractivity contribution < 1.29 is 0 Å². The van der Waals surface area contributed by atoms with Crippen LogP contribution in [-0.4, -0.2) is 12.0 Å². The van der Waals surface area contributed by atoms with Gasteiger partial charge in [0.05, 0.1) is 11.9 Å². The molecule has 4 N–H and O–H groups in total. The molecule has 16 heavy (non-hydrogen) atoms. The van der Waals surface area contributed by atoms with Gasteiger partial charge in [-0.15, -0.1) is 0 Å². The van der Waals surface area contributed by atoms with E-state index in [1.54, 1.807) is 12.3 Å². The zero-order chi connectivity index (χ0) is 11.4. The summed E-state index contributed by atoms with van der Waals surface area (Å²) in [5.41, 5.74) is 8.54. The Labute approximate surface area is 94.5 Å². The van der Waals surface area contributed by atoms with Gasteiger partial charge >= 0.3 is 0 Å². The van der Waals surface area contributed by atoms with Crippen LogP contribution in [-0.2, 0) is 0 Å². The Balaban J connectivity index is 2.11.